The second-order valence-corrected chi connectivity index (χ2v) is 5.39. The van der Waals surface area contributed by atoms with Crippen LogP contribution in [0.1, 0.15) is 33.1 Å². The van der Waals surface area contributed by atoms with E-state index in [2.05, 4.69) is 0 Å². The molecule has 1 aliphatic heterocycles. The molecule has 0 aromatic rings. The molecular weight excluding hydrogens is 278 g/mol. The maximum atomic E-state index is 11.7. The molecule has 1 saturated heterocycles. The first-order chi connectivity index (χ1) is 9.97. The number of rotatable bonds is 7. The van der Waals surface area contributed by atoms with Crippen molar-refractivity contribution >= 4 is 5.97 Å². The lowest BCUT2D eigenvalue weighted by atomic mass is 9.86. The molecule has 0 aromatic heterocycles. The van der Waals surface area contributed by atoms with Crippen molar-refractivity contribution in [2.45, 2.75) is 63.5 Å². The lowest BCUT2D eigenvalue weighted by Gasteiger charge is -2.48. The van der Waals surface area contributed by atoms with Gasteiger partial charge in [0.1, 0.15) is 12.2 Å². The molecule has 1 heterocycles. The fourth-order valence-corrected chi connectivity index (χ4v) is 2.81. The van der Waals surface area contributed by atoms with Gasteiger partial charge in [0.15, 0.2) is 0 Å². The highest BCUT2D eigenvalue weighted by Crippen LogP contribution is 2.27. The van der Waals surface area contributed by atoms with E-state index < -0.39 is 36.4 Å². The van der Waals surface area contributed by atoms with Crippen molar-refractivity contribution in [3.8, 4) is 0 Å². The molecule has 1 rings (SSSR count). The Morgan fingerprint density at radius 3 is 2.24 bits per heavy atom. The van der Waals surface area contributed by atoms with E-state index in [-0.39, 0.29) is 19.6 Å². The lowest BCUT2D eigenvalue weighted by molar-refractivity contribution is -0.179. The summed E-state index contributed by atoms with van der Waals surface area (Å²) in [5, 5.41) is 39.6. The molecule has 124 valence electrons. The summed E-state index contributed by atoms with van der Waals surface area (Å²) in [6.45, 7) is 4.10. The number of esters is 1. The molecule has 0 bridgehead atoms. The molecule has 0 radical (unpaired) electrons. The number of carbonyl (C=O) groups is 1. The zero-order chi connectivity index (χ0) is 16.0. The van der Waals surface area contributed by atoms with E-state index >= 15 is 0 Å². The van der Waals surface area contributed by atoms with E-state index in [1.54, 1.807) is 11.8 Å². The third-order valence-corrected chi connectivity index (χ3v) is 3.98. The predicted octanol–water partition coefficient (Wildman–Crippen LogP) is -1.13. The predicted molar refractivity (Wildman–Crippen MR) is 75.5 cm³/mol. The van der Waals surface area contributed by atoms with Crippen LogP contribution in [0.15, 0.2) is 0 Å². The monoisotopic (exact) mass is 305 g/mol. The number of hydrogen-bond donors (Lipinski definition) is 4. The fourth-order valence-electron chi connectivity index (χ4n) is 2.81. The molecule has 0 aromatic carbocycles. The Hall–Kier alpha value is -0.730. The number of likely N-dealkylation sites (tertiary alicyclic amines) is 1. The highest BCUT2D eigenvalue weighted by atomic mass is 16.5. The molecule has 21 heavy (non-hydrogen) atoms. The smallest absolute Gasteiger partial charge is 0.307 e. The molecule has 0 amide bonds. The number of aliphatic hydroxyl groups excluding tert-OH is 4. The van der Waals surface area contributed by atoms with Crippen LogP contribution in [-0.4, -0.2) is 81.4 Å². The van der Waals surface area contributed by atoms with Gasteiger partial charge in [-0.2, -0.15) is 0 Å². The van der Waals surface area contributed by atoms with Crippen LogP contribution in [0.4, 0.5) is 0 Å². The minimum atomic E-state index is -1.39. The van der Waals surface area contributed by atoms with Crippen LogP contribution >= 0.6 is 0 Å². The fraction of sp³-hybridized carbons (Fsp3) is 0.929. The zero-order valence-electron chi connectivity index (χ0n) is 12.7. The lowest BCUT2D eigenvalue weighted by Crippen LogP contribution is -2.67. The molecule has 0 saturated carbocycles. The summed E-state index contributed by atoms with van der Waals surface area (Å²) in [7, 11) is 0. The van der Waals surface area contributed by atoms with Crippen molar-refractivity contribution in [2.24, 2.45) is 0 Å². The van der Waals surface area contributed by atoms with Gasteiger partial charge in [-0.1, -0.05) is 13.3 Å². The average Bonchev–Trinajstić information content (AvgIpc) is 2.46. The topological polar surface area (TPSA) is 110 Å². The Kier molecular flexibility index (Phi) is 7.55. The third kappa shape index (κ3) is 4.37. The Morgan fingerprint density at radius 1 is 1.10 bits per heavy atom. The molecular formula is C14H27NO6. The molecule has 0 spiro atoms. The minimum Gasteiger partial charge on any atom is -0.466 e. The molecule has 5 atom stereocenters. The highest BCUT2D eigenvalue weighted by Gasteiger charge is 2.47. The maximum Gasteiger partial charge on any atom is 0.307 e. The van der Waals surface area contributed by atoms with Gasteiger partial charge in [-0.25, -0.2) is 0 Å². The van der Waals surface area contributed by atoms with Gasteiger partial charge in [-0.05, 0) is 19.9 Å². The summed E-state index contributed by atoms with van der Waals surface area (Å²) in [6.07, 6.45) is -2.29. The van der Waals surface area contributed by atoms with Crippen LogP contribution in [0.2, 0.25) is 0 Å². The Morgan fingerprint density at radius 2 is 1.71 bits per heavy atom. The maximum absolute atomic E-state index is 11.7. The molecule has 0 unspecified atom stereocenters. The normalized spacial score (nSPS) is 33.9. The van der Waals surface area contributed by atoms with Crippen molar-refractivity contribution in [2.75, 3.05) is 19.8 Å². The number of nitrogens with zero attached hydrogens (tertiary/aromatic N) is 1. The Labute approximate surface area is 125 Å². The molecule has 7 nitrogen and oxygen atoms in total. The minimum absolute atomic E-state index is 0.0843. The van der Waals surface area contributed by atoms with Crippen molar-refractivity contribution in [3.63, 3.8) is 0 Å². The van der Waals surface area contributed by atoms with Crippen molar-refractivity contribution in [1.82, 2.24) is 4.90 Å². The molecule has 1 fully saturated rings. The number of aliphatic hydroxyl groups is 4. The number of unbranched alkanes of at least 4 members (excludes halogenated alkanes) is 1. The van der Waals surface area contributed by atoms with Gasteiger partial charge in [-0.3, -0.25) is 9.69 Å². The van der Waals surface area contributed by atoms with Gasteiger partial charge in [0, 0.05) is 6.04 Å². The summed E-state index contributed by atoms with van der Waals surface area (Å²) in [5.41, 5.74) is 0. The standard InChI is InChI=1S/C14H27NO6/c1-3-5-6-15-9(7-11(17)21-4-2)12(18)14(20)13(19)10(15)8-16/h9-10,12-14,16,18-20H,3-8H2,1-2H3/t9-,10-,12-,13+,14+/m0/s1. The number of carbonyl (C=O) groups excluding carboxylic acids is 1. The van der Waals surface area contributed by atoms with Gasteiger partial charge in [0.25, 0.3) is 0 Å². The van der Waals surface area contributed by atoms with Gasteiger partial charge in [0.2, 0.25) is 0 Å². The van der Waals surface area contributed by atoms with E-state index in [1.807, 2.05) is 6.92 Å². The Bertz CT molecular complexity index is 327. The van der Waals surface area contributed by atoms with E-state index in [0.29, 0.717) is 6.54 Å². The summed E-state index contributed by atoms with van der Waals surface area (Å²) >= 11 is 0. The second kappa shape index (κ2) is 8.65. The first kappa shape index (κ1) is 18.3. The molecule has 0 aliphatic carbocycles. The first-order valence-electron chi connectivity index (χ1n) is 7.54. The van der Waals surface area contributed by atoms with E-state index in [4.69, 9.17) is 4.74 Å². The van der Waals surface area contributed by atoms with Gasteiger partial charge < -0.3 is 25.2 Å². The molecule has 1 aliphatic rings. The van der Waals surface area contributed by atoms with Gasteiger partial charge >= 0.3 is 5.97 Å². The second-order valence-electron chi connectivity index (χ2n) is 5.39. The van der Waals surface area contributed by atoms with Crippen LogP contribution in [0.25, 0.3) is 0 Å². The van der Waals surface area contributed by atoms with E-state index in [1.165, 1.54) is 0 Å². The molecule has 7 heteroatoms. The van der Waals surface area contributed by atoms with Crippen LogP contribution in [0.3, 0.4) is 0 Å². The van der Waals surface area contributed by atoms with Gasteiger partial charge in [0.05, 0.1) is 31.8 Å². The quantitative estimate of drug-likeness (QED) is 0.440. The third-order valence-electron chi connectivity index (χ3n) is 3.98. The average molecular weight is 305 g/mol. The largest absolute Gasteiger partial charge is 0.466 e. The highest BCUT2D eigenvalue weighted by molar-refractivity contribution is 5.70. The summed E-state index contributed by atoms with van der Waals surface area (Å²) in [4.78, 5) is 13.4. The van der Waals surface area contributed by atoms with E-state index in [9.17, 15) is 25.2 Å². The zero-order valence-corrected chi connectivity index (χ0v) is 12.7. The first-order valence-corrected chi connectivity index (χ1v) is 7.54. The van der Waals surface area contributed by atoms with Gasteiger partial charge in [-0.15, -0.1) is 0 Å². The van der Waals surface area contributed by atoms with Crippen LogP contribution < -0.4 is 0 Å². The van der Waals surface area contributed by atoms with Crippen molar-refractivity contribution in [3.05, 3.63) is 0 Å². The van der Waals surface area contributed by atoms with Crippen molar-refractivity contribution in [1.29, 1.82) is 0 Å². The van der Waals surface area contributed by atoms with Crippen molar-refractivity contribution < 1.29 is 30.0 Å². The number of ether oxygens (including phenoxy) is 1. The van der Waals surface area contributed by atoms with Crippen LogP contribution in [0, 0.1) is 0 Å². The number of piperidine rings is 1. The SMILES string of the molecule is CCCCN1[C@@H](CC(=O)OCC)[C@H](O)[C@@H](O)[C@H](O)[C@@H]1CO. The van der Waals surface area contributed by atoms with Crippen LogP contribution in [0.5, 0.6) is 0 Å². The Balaban J connectivity index is 2.91. The summed E-state index contributed by atoms with van der Waals surface area (Å²) in [6, 6.07) is -1.37. The molecule has 4 N–H and O–H groups in total. The van der Waals surface area contributed by atoms with E-state index in [0.717, 1.165) is 12.8 Å². The summed E-state index contributed by atoms with van der Waals surface area (Å²) < 4.78 is 4.89. The van der Waals surface area contributed by atoms with Crippen LogP contribution in [-0.2, 0) is 9.53 Å². The number of hydrogen-bond acceptors (Lipinski definition) is 7. The summed E-state index contributed by atoms with van der Waals surface area (Å²) in [5.74, 6) is -0.469.